The molecule has 1 saturated heterocycles. The van der Waals surface area contributed by atoms with Crippen LogP contribution in [0.4, 0.5) is 0 Å². The van der Waals surface area contributed by atoms with E-state index in [1.54, 1.807) is 25.2 Å². The molecular weight excluding hydrogens is 396 g/mol. The average molecular weight is 420 g/mol. The lowest BCUT2D eigenvalue weighted by Gasteiger charge is -2.26. The number of rotatable bonds is 6. The summed E-state index contributed by atoms with van der Waals surface area (Å²) in [7, 11) is 3.20. The van der Waals surface area contributed by atoms with Crippen molar-refractivity contribution in [2.75, 3.05) is 27.4 Å². The Morgan fingerprint density at radius 2 is 1.90 bits per heavy atom. The smallest absolute Gasteiger partial charge is 0.357 e. The quantitative estimate of drug-likeness (QED) is 0.565. The largest absolute Gasteiger partial charge is 0.497 e. The van der Waals surface area contributed by atoms with Crippen molar-refractivity contribution in [2.45, 2.75) is 18.9 Å². The van der Waals surface area contributed by atoms with Gasteiger partial charge in [0.2, 0.25) is 0 Å². The van der Waals surface area contributed by atoms with Crippen LogP contribution < -0.4 is 9.47 Å². The second-order valence-electron chi connectivity index (χ2n) is 7.32. The zero-order chi connectivity index (χ0) is 21.8. The molecule has 2 heterocycles. The Hall–Kier alpha value is -3.61. The van der Waals surface area contributed by atoms with Crippen LogP contribution in [0.1, 0.15) is 34.9 Å². The number of amides is 1. The SMILES string of the molecule is COc1ccc(OC)c([C@H]2CCCN2C(=O)COC(=O)c2ccc3ccccc3n2)c1. The van der Waals surface area contributed by atoms with Gasteiger partial charge in [0.25, 0.3) is 5.91 Å². The highest BCUT2D eigenvalue weighted by atomic mass is 16.5. The summed E-state index contributed by atoms with van der Waals surface area (Å²) in [6.45, 7) is 0.256. The van der Waals surface area contributed by atoms with Gasteiger partial charge in [0.05, 0.1) is 25.8 Å². The normalized spacial score (nSPS) is 15.7. The number of fused-ring (bicyclic) bond motifs is 1. The number of hydrogen-bond donors (Lipinski definition) is 0. The van der Waals surface area contributed by atoms with E-state index in [2.05, 4.69) is 4.98 Å². The Bertz CT molecular complexity index is 1110. The lowest BCUT2D eigenvalue weighted by atomic mass is 10.0. The van der Waals surface area contributed by atoms with Gasteiger partial charge in [-0.15, -0.1) is 0 Å². The van der Waals surface area contributed by atoms with E-state index in [0.29, 0.717) is 23.6 Å². The number of carbonyl (C=O) groups excluding carboxylic acids is 2. The lowest BCUT2D eigenvalue weighted by Crippen LogP contribution is -2.34. The van der Waals surface area contributed by atoms with Crippen molar-refractivity contribution in [1.82, 2.24) is 9.88 Å². The zero-order valence-electron chi connectivity index (χ0n) is 17.5. The Morgan fingerprint density at radius 1 is 1.06 bits per heavy atom. The summed E-state index contributed by atoms with van der Waals surface area (Å²) in [4.78, 5) is 31.4. The van der Waals surface area contributed by atoms with E-state index in [1.807, 2.05) is 48.5 Å². The minimum absolute atomic E-state index is 0.157. The number of likely N-dealkylation sites (tertiary alicyclic amines) is 1. The topological polar surface area (TPSA) is 78.0 Å². The molecule has 0 bridgehead atoms. The maximum atomic E-state index is 12.9. The number of para-hydroxylation sites is 1. The molecule has 2 aromatic carbocycles. The standard InChI is InChI=1S/C24H24N2O5/c1-29-17-10-12-22(30-2)18(14-17)21-8-5-13-26(21)23(27)15-31-24(28)20-11-9-16-6-3-4-7-19(16)25-20/h3-4,6-7,9-12,14,21H,5,8,13,15H2,1-2H3/t21-/m1/s1. The fraction of sp³-hybridized carbons (Fsp3) is 0.292. The summed E-state index contributed by atoms with van der Waals surface area (Å²) in [5, 5.41) is 0.933. The van der Waals surface area contributed by atoms with Gasteiger partial charge in [-0.2, -0.15) is 0 Å². The number of esters is 1. The Labute approximate surface area is 180 Å². The average Bonchev–Trinajstić information content (AvgIpc) is 3.31. The Morgan fingerprint density at radius 3 is 2.71 bits per heavy atom. The monoisotopic (exact) mass is 420 g/mol. The van der Waals surface area contributed by atoms with Gasteiger partial charge >= 0.3 is 5.97 Å². The maximum absolute atomic E-state index is 12.9. The molecule has 7 nitrogen and oxygen atoms in total. The van der Waals surface area contributed by atoms with Gasteiger partial charge < -0.3 is 19.1 Å². The van der Waals surface area contributed by atoms with Crippen LogP contribution in [-0.2, 0) is 9.53 Å². The number of hydrogen-bond acceptors (Lipinski definition) is 6. The van der Waals surface area contributed by atoms with Crippen LogP contribution in [0.15, 0.2) is 54.6 Å². The molecule has 0 N–H and O–H groups in total. The van der Waals surface area contributed by atoms with Gasteiger partial charge in [-0.25, -0.2) is 9.78 Å². The first-order valence-electron chi connectivity index (χ1n) is 10.1. The predicted molar refractivity (Wildman–Crippen MR) is 115 cm³/mol. The first-order chi connectivity index (χ1) is 15.1. The van der Waals surface area contributed by atoms with E-state index < -0.39 is 5.97 Å². The van der Waals surface area contributed by atoms with Crippen LogP contribution in [0.5, 0.6) is 11.5 Å². The highest BCUT2D eigenvalue weighted by Gasteiger charge is 2.32. The lowest BCUT2D eigenvalue weighted by molar-refractivity contribution is -0.135. The highest BCUT2D eigenvalue weighted by molar-refractivity contribution is 5.92. The van der Waals surface area contributed by atoms with Crippen molar-refractivity contribution in [2.24, 2.45) is 0 Å². The van der Waals surface area contributed by atoms with Crippen LogP contribution in [0.2, 0.25) is 0 Å². The van der Waals surface area contributed by atoms with Crippen LogP contribution in [0, 0.1) is 0 Å². The molecule has 1 fully saturated rings. The van der Waals surface area contributed by atoms with Crippen molar-refractivity contribution in [3.63, 3.8) is 0 Å². The molecular formula is C24H24N2O5. The molecule has 1 aliphatic rings. The van der Waals surface area contributed by atoms with Gasteiger partial charge in [0.15, 0.2) is 6.61 Å². The highest BCUT2D eigenvalue weighted by Crippen LogP contribution is 2.38. The van der Waals surface area contributed by atoms with E-state index in [4.69, 9.17) is 14.2 Å². The van der Waals surface area contributed by atoms with Crippen molar-refractivity contribution in [3.05, 3.63) is 65.9 Å². The first kappa shape index (κ1) is 20.7. The number of methoxy groups -OCH3 is 2. The molecule has 1 atom stereocenters. The van der Waals surface area contributed by atoms with E-state index in [1.165, 1.54) is 0 Å². The van der Waals surface area contributed by atoms with Gasteiger partial charge in [0.1, 0.15) is 17.2 Å². The number of carbonyl (C=O) groups is 2. The molecule has 1 aliphatic heterocycles. The number of nitrogens with zero attached hydrogens (tertiary/aromatic N) is 2. The number of benzene rings is 2. The molecule has 7 heteroatoms. The number of pyridine rings is 1. The molecule has 3 aromatic rings. The van der Waals surface area contributed by atoms with E-state index in [-0.39, 0.29) is 24.2 Å². The summed E-state index contributed by atoms with van der Waals surface area (Å²) in [5.41, 5.74) is 1.77. The van der Waals surface area contributed by atoms with Gasteiger partial charge in [-0.3, -0.25) is 4.79 Å². The van der Waals surface area contributed by atoms with Crippen LogP contribution in [0.25, 0.3) is 10.9 Å². The third kappa shape index (κ3) is 4.30. The van der Waals surface area contributed by atoms with Gasteiger partial charge in [-0.1, -0.05) is 24.3 Å². The van der Waals surface area contributed by atoms with Crippen LogP contribution >= 0.6 is 0 Å². The zero-order valence-corrected chi connectivity index (χ0v) is 17.5. The summed E-state index contributed by atoms with van der Waals surface area (Å²) in [6, 6.07) is 16.3. The van der Waals surface area contributed by atoms with Crippen molar-refractivity contribution >= 4 is 22.8 Å². The van der Waals surface area contributed by atoms with Crippen LogP contribution in [-0.4, -0.2) is 49.1 Å². The van der Waals surface area contributed by atoms with Gasteiger partial charge in [-0.05, 0) is 43.2 Å². The second-order valence-corrected chi connectivity index (χ2v) is 7.32. The summed E-state index contributed by atoms with van der Waals surface area (Å²) < 4.78 is 16.1. The fourth-order valence-corrected chi connectivity index (χ4v) is 3.95. The molecule has 0 saturated carbocycles. The third-order valence-electron chi connectivity index (χ3n) is 5.50. The minimum atomic E-state index is -0.617. The summed E-state index contributed by atoms with van der Waals surface area (Å²) in [5.74, 6) is 0.530. The van der Waals surface area contributed by atoms with Crippen molar-refractivity contribution in [3.8, 4) is 11.5 Å². The molecule has 31 heavy (non-hydrogen) atoms. The Kier molecular flexibility index (Phi) is 6.02. The summed E-state index contributed by atoms with van der Waals surface area (Å²) >= 11 is 0. The van der Waals surface area contributed by atoms with Gasteiger partial charge in [0, 0.05) is 17.5 Å². The first-order valence-corrected chi connectivity index (χ1v) is 10.1. The van der Waals surface area contributed by atoms with Crippen LogP contribution in [0.3, 0.4) is 0 Å². The van der Waals surface area contributed by atoms with E-state index in [0.717, 1.165) is 23.8 Å². The van der Waals surface area contributed by atoms with Crippen molar-refractivity contribution < 1.29 is 23.8 Å². The molecule has 0 spiro atoms. The predicted octanol–water partition coefficient (Wildman–Crippen LogP) is 3.77. The molecule has 1 aromatic heterocycles. The molecule has 1 amide bonds. The minimum Gasteiger partial charge on any atom is -0.497 e. The molecule has 0 aliphatic carbocycles. The van der Waals surface area contributed by atoms with E-state index in [9.17, 15) is 9.59 Å². The van der Waals surface area contributed by atoms with Crippen molar-refractivity contribution in [1.29, 1.82) is 0 Å². The summed E-state index contributed by atoms with van der Waals surface area (Å²) in [6.07, 6.45) is 1.66. The fourth-order valence-electron chi connectivity index (χ4n) is 3.95. The van der Waals surface area contributed by atoms with E-state index >= 15 is 0 Å². The number of aromatic nitrogens is 1. The Balaban J connectivity index is 1.46. The molecule has 0 radical (unpaired) electrons. The second kappa shape index (κ2) is 9.04. The third-order valence-corrected chi connectivity index (χ3v) is 5.50. The maximum Gasteiger partial charge on any atom is 0.357 e. The molecule has 160 valence electrons. The number of ether oxygens (including phenoxy) is 3. The molecule has 0 unspecified atom stereocenters. The molecule has 4 rings (SSSR count).